The molecule has 26 heavy (non-hydrogen) atoms. The van der Waals surface area contributed by atoms with E-state index in [-0.39, 0.29) is 24.1 Å². The molecule has 0 saturated heterocycles. The van der Waals surface area contributed by atoms with Crippen molar-refractivity contribution >= 4 is 25.0 Å². The van der Waals surface area contributed by atoms with Gasteiger partial charge in [0, 0.05) is 5.56 Å². The normalized spacial score (nSPS) is 13.1. The van der Waals surface area contributed by atoms with Crippen LogP contribution in [0.15, 0.2) is 24.3 Å². The Balaban J connectivity index is 3.31. The highest BCUT2D eigenvalue weighted by Gasteiger charge is 2.35. The van der Waals surface area contributed by atoms with Gasteiger partial charge in [-0.05, 0) is 40.7 Å². The molecule has 1 aromatic rings. The largest absolute Gasteiger partial charge is 0.479 e. The first-order chi connectivity index (χ1) is 12.0. The molecule has 0 radical (unpaired) electrons. The topological polar surface area (TPSA) is 111 Å². The third kappa shape index (κ3) is 6.12. The molecule has 0 bridgehead atoms. The van der Waals surface area contributed by atoms with Crippen LogP contribution in [-0.4, -0.2) is 36.0 Å². The molecule has 1 amide bonds. The van der Waals surface area contributed by atoms with Crippen LogP contribution < -0.4 is 10.6 Å². The van der Waals surface area contributed by atoms with Crippen molar-refractivity contribution in [2.75, 3.05) is 13.2 Å². The molecule has 0 fully saturated rings. The number of alkyl carbamates (subject to hydrolysis) is 1. The van der Waals surface area contributed by atoms with Crippen molar-refractivity contribution in [3.8, 4) is 0 Å². The van der Waals surface area contributed by atoms with E-state index < -0.39 is 31.3 Å². The molecule has 146 valence electrons. The standard InChI is InChI=1S/C17H26NO7P/c1-6-23-26(22,24-7-2)13-11-9-8-10-12(13)14(15(19)20)18-16(21)25-17(3,4)5/h8-11,14H,6-7H2,1-5H3,(H,18,21)(H,19,20)/t14-/m0/s1. The van der Waals surface area contributed by atoms with E-state index in [2.05, 4.69) is 5.32 Å². The Hall–Kier alpha value is -1.89. The molecule has 2 N–H and O–H groups in total. The van der Waals surface area contributed by atoms with Gasteiger partial charge in [-0.2, -0.15) is 0 Å². The number of carboxylic acid groups (broad SMARTS) is 1. The minimum atomic E-state index is -3.74. The summed E-state index contributed by atoms with van der Waals surface area (Å²) in [5, 5.41) is 12.0. The van der Waals surface area contributed by atoms with Gasteiger partial charge in [0.05, 0.1) is 18.5 Å². The number of carboxylic acids is 1. The van der Waals surface area contributed by atoms with E-state index >= 15 is 0 Å². The number of carbonyl (C=O) groups is 2. The van der Waals surface area contributed by atoms with Gasteiger partial charge in [-0.3, -0.25) is 4.57 Å². The zero-order chi connectivity index (χ0) is 20.0. The summed E-state index contributed by atoms with van der Waals surface area (Å²) in [4.78, 5) is 23.8. The number of benzene rings is 1. The molecule has 0 spiro atoms. The molecule has 1 rings (SSSR count). The average Bonchev–Trinajstić information content (AvgIpc) is 2.51. The maximum Gasteiger partial charge on any atom is 0.408 e. The van der Waals surface area contributed by atoms with Gasteiger partial charge in [-0.15, -0.1) is 0 Å². The van der Waals surface area contributed by atoms with Gasteiger partial charge in [0.1, 0.15) is 5.60 Å². The van der Waals surface area contributed by atoms with E-state index in [9.17, 15) is 19.3 Å². The van der Waals surface area contributed by atoms with Crippen molar-refractivity contribution < 1.29 is 33.0 Å². The van der Waals surface area contributed by atoms with Crippen LogP contribution in [0.2, 0.25) is 0 Å². The van der Waals surface area contributed by atoms with E-state index in [4.69, 9.17) is 13.8 Å². The lowest BCUT2D eigenvalue weighted by Gasteiger charge is -2.25. The lowest BCUT2D eigenvalue weighted by atomic mass is 10.1. The van der Waals surface area contributed by atoms with Crippen molar-refractivity contribution in [2.24, 2.45) is 0 Å². The first-order valence-electron chi connectivity index (χ1n) is 8.25. The van der Waals surface area contributed by atoms with E-state index in [1.54, 1.807) is 46.8 Å². The molecule has 9 heteroatoms. The molecular weight excluding hydrogens is 361 g/mol. The van der Waals surface area contributed by atoms with Crippen LogP contribution in [-0.2, 0) is 23.1 Å². The molecule has 0 aliphatic carbocycles. The summed E-state index contributed by atoms with van der Waals surface area (Å²) < 4.78 is 28.8. The number of amides is 1. The maximum atomic E-state index is 13.1. The molecule has 0 unspecified atom stereocenters. The third-order valence-electron chi connectivity index (χ3n) is 3.05. The molecule has 1 atom stereocenters. The molecule has 0 saturated carbocycles. The van der Waals surface area contributed by atoms with E-state index in [1.165, 1.54) is 12.1 Å². The minimum Gasteiger partial charge on any atom is -0.479 e. The van der Waals surface area contributed by atoms with E-state index in [0.717, 1.165) is 0 Å². The molecule has 0 aliphatic heterocycles. The monoisotopic (exact) mass is 387 g/mol. The van der Waals surface area contributed by atoms with Crippen molar-refractivity contribution in [3.05, 3.63) is 29.8 Å². The smallest absolute Gasteiger partial charge is 0.408 e. The van der Waals surface area contributed by atoms with Gasteiger partial charge in [0.25, 0.3) is 0 Å². The van der Waals surface area contributed by atoms with Gasteiger partial charge in [-0.1, -0.05) is 18.2 Å². The summed E-state index contributed by atoms with van der Waals surface area (Å²) in [6.07, 6.45) is -0.901. The van der Waals surface area contributed by atoms with Gasteiger partial charge in [0.15, 0.2) is 6.04 Å². The minimum absolute atomic E-state index is 0.0900. The fourth-order valence-corrected chi connectivity index (χ4v) is 4.02. The van der Waals surface area contributed by atoms with Gasteiger partial charge >= 0.3 is 19.7 Å². The predicted molar refractivity (Wildman–Crippen MR) is 96.7 cm³/mol. The Bertz CT molecular complexity index is 674. The lowest BCUT2D eigenvalue weighted by molar-refractivity contribution is -0.139. The Kier molecular flexibility index (Phi) is 7.81. The Morgan fingerprint density at radius 3 is 2.15 bits per heavy atom. The number of ether oxygens (including phenoxy) is 1. The average molecular weight is 387 g/mol. The number of nitrogens with one attached hydrogen (secondary N) is 1. The van der Waals surface area contributed by atoms with Crippen LogP contribution in [0, 0.1) is 0 Å². The number of carbonyl (C=O) groups excluding carboxylic acids is 1. The summed E-state index contributed by atoms with van der Waals surface area (Å²) in [7, 11) is -3.74. The summed E-state index contributed by atoms with van der Waals surface area (Å²) >= 11 is 0. The summed E-state index contributed by atoms with van der Waals surface area (Å²) in [5.74, 6) is -1.33. The zero-order valence-electron chi connectivity index (χ0n) is 15.6. The first kappa shape index (κ1) is 22.2. The van der Waals surface area contributed by atoms with E-state index in [1.807, 2.05) is 0 Å². The number of aliphatic carboxylic acids is 1. The highest BCUT2D eigenvalue weighted by atomic mass is 31.2. The highest BCUT2D eigenvalue weighted by molar-refractivity contribution is 7.62. The molecule has 0 aromatic heterocycles. The van der Waals surface area contributed by atoms with Crippen LogP contribution in [0.5, 0.6) is 0 Å². The van der Waals surface area contributed by atoms with Crippen molar-refractivity contribution in [1.29, 1.82) is 0 Å². The molecule has 0 aliphatic rings. The third-order valence-corrected chi connectivity index (χ3v) is 5.24. The highest BCUT2D eigenvalue weighted by Crippen LogP contribution is 2.48. The van der Waals surface area contributed by atoms with Crippen LogP contribution in [0.25, 0.3) is 0 Å². The Labute approximate surface area is 153 Å². The fourth-order valence-electron chi connectivity index (χ4n) is 2.20. The lowest BCUT2D eigenvalue weighted by Crippen LogP contribution is -2.39. The van der Waals surface area contributed by atoms with Gasteiger partial charge < -0.3 is 24.2 Å². The van der Waals surface area contributed by atoms with Crippen molar-refractivity contribution in [3.63, 3.8) is 0 Å². The van der Waals surface area contributed by atoms with Crippen molar-refractivity contribution in [2.45, 2.75) is 46.3 Å². The van der Waals surface area contributed by atoms with Crippen LogP contribution in [0.3, 0.4) is 0 Å². The molecule has 1 aromatic carbocycles. The predicted octanol–water partition coefficient (Wildman–Crippen LogP) is 3.23. The number of hydrogen-bond donors (Lipinski definition) is 2. The van der Waals surface area contributed by atoms with E-state index in [0.29, 0.717) is 0 Å². The molecular formula is C17H26NO7P. The first-order valence-corrected chi connectivity index (χ1v) is 9.79. The SMILES string of the molecule is CCOP(=O)(OCC)c1ccccc1[C@H](NC(=O)OC(C)(C)C)C(=O)O. The van der Waals surface area contributed by atoms with Gasteiger partial charge in [-0.25, -0.2) is 9.59 Å². The van der Waals surface area contributed by atoms with Crippen molar-refractivity contribution in [1.82, 2.24) is 5.32 Å². The number of hydrogen-bond acceptors (Lipinski definition) is 6. The molecule has 8 nitrogen and oxygen atoms in total. The van der Waals surface area contributed by atoms with Crippen LogP contribution >= 0.6 is 7.60 Å². The second kappa shape index (κ2) is 9.16. The second-order valence-electron chi connectivity index (χ2n) is 6.31. The maximum absolute atomic E-state index is 13.1. The second-order valence-corrected chi connectivity index (χ2v) is 8.30. The summed E-state index contributed by atoms with van der Waals surface area (Å²) in [6, 6.07) is 4.61. The zero-order valence-corrected chi connectivity index (χ0v) is 16.5. The van der Waals surface area contributed by atoms with Gasteiger partial charge in [0.2, 0.25) is 0 Å². The quantitative estimate of drug-likeness (QED) is 0.659. The summed E-state index contributed by atoms with van der Waals surface area (Å²) in [5.41, 5.74) is -0.686. The summed E-state index contributed by atoms with van der Waals surface area (Å²) in [6.45, 7) is 8.52. The Morgan fingerprint density at radius 1 is 1.15 bits per heavy atom. The molecule has 0 heterocycles. The Morgan fingerprint density at radius 2 is 1.69 bits per heavy atom. The van der Waals surface area contributed by atoms with Crippen LogP contribution in [0.4, 0.5) is 4.79 Å². The fraction of sp³-hybridized carbons (Fsp3) is 0.529. The number of rotatable bonds is 8. The van der Waals surface area contributed by atoms with Crippen LogP contribution in [0.1, 0.15) is 46.2 Å².